The fraction of sp³-hybridized carbons (Fsp3) is 0. The molecule has 0 unspecified atom stereocenters. The molecule has 2 amide bonds. The van der Waals surface area contributed by atoms with Crippen LogP contribution >= 0.6 is 11.6 Å². The van der Waals surface area contributed by atoms with E-state index in [0.29, 0.717) is 21.8 Å². The van der Waals surface area contributed by atoms with E-state index in [4.69, 9.17) is 11.6 Å². The van der Waals surface area contributed by atoms with Gasteiger partial charge in [-0.2, -0.15) is 5.10 Å². The number of hydrogen-bond acceptors (Lipinski definition) is 3. The third kappa shape index (κ3) is 4.79. The zero-order valence-corrected chi connectivity index (χ0v) is 17.1. The molecule has 0 heterocycles. The molecule has 0 atom stereocenters. The van der Waals surface area contributed by atoms with Crippen molar-refractivity contribution in [3.8, 4) is 0 Å². The molecular weight excluding hydrogens is 410 g/mol. The maximum absolute atomic E-state index is 12.4. The van der Waals surface area contributed by atoms with Gasteiger partial charge >= 0.3 is 0 Å². The Morgan fingerprint density at radius 1 is 0.774 bits per heavy atom. The van der Waals surface area contributed by atoms with Gasteiger partial charge in [0, 0.05) is 16.8 Å². The summed E-state index contributed by atoms with van der Waals surface area (Å²) >= 11 is 6.05. The van der Waals surface area contributed by atoms with Gasteiger partial charge in [-0.3, -0.25) is 9.59 Å². The molecule has 5 nitrogen and oxygen atoms in total. The first-order chi connectivity index (χ1) is 15.1. The highest BCUT2D eigenvalue weighted by molar-refractivity contribution is 6.34. The summed E-state index contributed by atoms with van der Waals surface area (Å²) in [5.74, 6) is -0.664. The molecule has 0 spiro atoms. The fourth-order valence-electron chi connectivity index (χ4n) is 3.14. The minimum Gasteiger partial charge on any atom is -0.322 e. The van der Waals surface area contributed by atoms with Crippen LogP contribution in [0.3, 0.4) is 0 Å². The number of anilines is 1. The molecule has 0 aliphatic carbocycles. The molecule has 4 aromatic carbocycles. The molecule has 4 aromatic rings. The minimum atomic E-state index is -0.347. The van der Waals surface area contributed by atoms with Crippen molar-refractivity contribution in [1.29, 1.82) is 0 Å². The molecule has 4 rings (SSSR count). The van der Waals surface area contributed by atoms with Crippen LogP contribution in [-0.4, -0.2) is 18.0 Å². The molecule has 0 saturated heterocycles. The summed E-state index contributed by atoms with van der Waals surface area (Å²) in [4.78, 5) is 24.7. The summed E-state index contributed by atoms with van der Waals surface area (Å²) in [5, 5.41) is 9.38. The van der Waals surface area contributed by atoms with Gasteiger partial charge < -0.3 is 5.32 Å². The lowest BCUT2D eigenvalue weighted by atomic mass is 10.1. The largest absolute Gasteiger partial charge is 0.322 e. The fourth-order valence-corrected chi connectivity index (χ4v) is 3.36. The normalized spacial score (nSPS) is 10.9. The highest BCUT2D eigenvalue weighted by Crippen LogP contribution is 2.18. The van der Waals surface area contributed by atoms with Gasteiger partial charge in [0.15, 0.2) is 0 Å². The third-order valence-electron chi connectivity index (χ3n) is 4.72. The number of nitrogens with one attached hydrogen (secondary N) is 2. The van der Waals surface area contributed by atoms with Crippen molar-refractivity contribution in [2.24, 2.45) is 5.10 Å². The first-order valence-electron chi connectivity index (χ1n) is 9.59. The Morgan fingerprint density at radius 3 is 2.29 bits per heavy atom. The molecule has 152 valence electrons. The number of carbonyl (C=O) groups is 2. The highest BCUT2D eigenvalue weighted by Gasteiger charge is 2.10. The number of hydrazone groups is 1. The average Bonchev–Trinajstić information content (AvgIpc) is 2.80. The summed E-state index contributed by atoms with van der Waals surface area (Å²) < 4.78 is 0. The first kappa shape index (κ1) is 20.3. The van der Waals surface area contributed by atoms with Crippen molar-refractivity contribution >= 4 is 46.1 Å². The summed E-state index contributed by atoms with van der Waals surface area (Å²) in [5.41, 5.74) is 4.81. The topological polar surface area (TPSA) is 70.6 Å². The van der Waals surface area contributed by atoms with Crippen LogP contribution in [0.2, 0.25) is 5.02 Å². The van der Waals surface area contributed by atoms with Crippen molar-refractivity contribution < 1.29 is 9.59 Å². The van der Waals surface area contributed by atoms with Crippen LogP contribution in [0, 0.1) is 0 Å². The van der Waals surface area contributed by atoms with Crippen molar-refractivity contribution in [3.05, 3.63) is 113 Å². The minimum absolute atomic E-state index is 0.317. The number of rotatable bonds is 5. The number of amides is 2. The second-order valence-corrected chi connectivity index (χ2v) is 7.19. The van der Waals surface area contributed by atoms with Crippen LogP contribution < -0.4 is 10.7 Å². The Labute approximate surface area is 184 Å². The second-order valence-electron chi connectivity index (χ2n) is 6.78. The number of nitrogens with zero attached hydrogens (tertiary/aromatic N) is 1. The van der Waals surface area contributed by atoms with Gasteiger partial charge in [0.25, 0.3) is 11.8 Å². The SMILES string of the molecule is O=C(N/N=C/c1cccc2ccccc12)c1ccc(NC(=O)c2ccccc2Cl)cc1. The average molecular weight is 428 g/mol. The van der Waals surface area contributed by atoms with Gasteiger partial charge in [-0.15, -0.1) is 0 Å². The Balaban J connectivity index is 1.40. The van der Waals surface area contributed by atoms with E-state index >= 15 is 0 Å². The Bertz CT molecular complexity index is 1280. The van der Waals surface area contributed by atoms with Gasteiger partial charge in [-0.25, -0.2) is 5.43 Å². The van der Waals surface area contributed by atoms with Gasteiger partial charge in [0.05, 0.1) is 16.8 Å². The maximum Gasteiger partial charge on any atom is 0.271 e. The Kier molecular flexibility index (Phi) is 6.05. The van der Waals surface area contributed by atoms with Crippen LogP contribution in [-0.2, 0) is 0 Å². The predicted octanol–water partition coefficient (Wildman–Crippen LogP) is 5.51. The van der Waals surface area contributed by atoms with Gasteiger partial charge in [-0.1, -0.05) is 66.2 Å². The molecular formula is C25H18ClN3O2. The monoisotopic (exact) mass is 427 g/mol. The van der Waals surface area contributed by atoms with E-state index in [2.05, 4.69) is 15.8 Å². The van der Waals surface area contributed by atoms with E-state index in [1.165, 1.54) is 0 Å². The standard InChI is InChI=1S/C25H18ClN3O2/c26-23-11-4-3-10-22(23)25(31)28-20-14-12-18(13-15-20)24(30)29-27-16-19-8-5-7-17-6-1-2-9-21(17)19/h1-16H,(H,28,31)(H,29,30)/b27-16+. The molecule has 0 fully saturated rings. The van der Waals surface area contributed by atoms with E-state index in [1.807, 2.05) is 42.5 Å². The van der Waals surface area contributed by atoms with Crippen LogP contribution in [0.5, 0.6) is 0 Å². The van der Waals surface area contributed by atoms with E-state index in [0.717, 1.165) is 16.3 Å². The zero-order chi connectivity index (χ0) is 21.6. The third-order valence-corrected chi connectivity index (χ3v) is 5.05. The molecule has 6 heteroatoms. The van der Waals surface area contributed by atoms with Gasteiger partial charge in [0.1, 0.15) is 0 Å². The summed E-state index contributed by atoms with van der Waals surface area (Å²) in [6.07, 6.45) is 1.62. The van der Waals surface area contributed by atoms with Crippen molar-refractivity contribution in [2.75, 3.05) is 5.32 Å². The Hall–Kier alpha value is -3.96. The number of benzene rings is 4. The Morgan fingerprint density at radius 2 is 1.48 bits per heavy atom. The van der Waals surface area contributed by atoms with E-state index in [-0.39, 0.29) is 11.8 Å². The molecule has 0 aromatic heterocycles. The molecule has 0 aliphatic rings. The van der Waals surface area contributed by atoms with Crippen LogP contribution in [0.1, 0.15) is 26.3 Å². The quantitative estimate of drug-likeness (QED) is 0.325. The predicted molar refractivity (Wildman–Crippen MR) is 125 cm³/mol. The summed E-state index contributed by atoms with van der Waals surface area (Å²) in [6.45, 7) is 0. The van der Waals surface area contributed by atoms with Crippen molar-refractivity contribution in [1.82, 2.24) is 5.43 Å². The smallest absolute Gasteiger partial charge is 0.271 e. The van der Waals surface area contributed by atoms with E-state index in [1.54, 1.807) is 54.7 Å². The lowest BCUT2D eigenvalue weighted by molar-refractivity contribution is 0.0954. The summed E-state index contributed by atoms with van der Waals surface area (Å²) in [6, 6.07) is 27.2. The molecule has 0 saturated carbocycles. The van der Waals surface area contributed by atoms with Gasteiger partial charge in [0.2, 0.25) is 0 Å². The molecule has 0 bridgehead atoms. The zero-order valence-electron chi connectivity index (χ0n) is 16.4. The maximum atomic E-state index is 12.4. The molecule has 31 heavy (non-hydrogen) atoms. The molecule has 2 N–H and O–H groups in total. The molecule has 0 radical (unpaired) electrons. The first-order valence-corrected chi connectivity index (χ1v) is 9.97. The number of carbonyl (C=O) groups excluding carboxylic acids is 2. The lowest BCUT2D eigenvalue weighted by Gasteiger charge is -2.07. The second kappa shape index (κ2) is 9.24. The highest BCUT2D eigenvalue weighted by atomic mass is 35.5. The lowest BCUT2D eigenvalue weighted by Crippen LogP contribution is -2.18. The molecule has 0 aliphatic heterocycles. The van der Waals surface area contributed by atoms with Crippen molar-refractivity contribution in [2.45, 2.75) is 0 Å². The van der Waals surface area contributed by atoms with Crippen LogP contribution in [0.4, 0.5) is 5.69 Å². The number of hydrogen-bond donors (Lipinski definition) is 2. The van der Waals surface area contributed by atoms with E-state index in [9.17, 15) is 9.59 Å². The number of halogens is 1. The van der Waals surface area contributed by atoms with Gasteiger partial charge in [-0.05, 0) is 47.2 Å². The van der Waals surface area contributed by atoms with Crippen molar-refractivity contribution in [3.63, 3.8) is 0 Å². The van der Waals surface area contributed by atoms with Crippen LogP contribution in [0.25, 0.3) is 10.8 Å². The van der Waals surface area contributed by atoms with E-state index < -0.39 is 0 Å². The number of fused-ring (bicyclic) bond motifs is 1. The summed E-state index contributed by atoms with van der Waals surface area (Å²) in [7, 11) is 0. The van der Waals surface area contributed by atoms with Crippen LogP contribution in [0.15, 0.2) is 96.1 Å².